The monoisotopic (exact) mass is 379 g/mol. The molecule has 0 bridgehead atoms. The van der Waals surface area contributed by atoms with E-state index in [1.807, 2.05) is 31.2 Å². The molecule has 0 fully saturated rings. The lowest BCUT2D eigenvalue weighted by Crippen LogP contribution is -2.31. The lowest BCUT2D eigenvalue weighted by atomic mass is 10.0. The van der Waals surface area contributed by atoms with E-state index in [1.54, 1.807) is 26.2 Å². The van der Waals surface area contributed by atoms with Gasteiger partial charge in [0.1, 0.15) is 11.3 Å². The van der Waals surface area contributed by atoms with Gasteiger partial charge in [-0.05, 0) is 37.1 Å². The molecule has 1 unspecified atom stereocenters. The van der Waals surface area contributed by atoms with Crippen molar-refractivity contribution in [1.82, 2.24) is 14.9 Å². The highest BCUT2D eigenvalue weighted by Crippen LogP contribution is 2.21. The van der Waals surface area contributed by atoms with Crippen LogP contribution in [0.25, 0.3) is 11.0 Å². The van der Waals surface area contributed by atoms with Gasteiger partial charge in [0.2, 0.25) is 0 Å². The average Bonchev–Trinajstić information content (AvgIpc) is 2.67. The van der Waals surface area contributed by atoms with Crippen molar-refractivity contribution in [2.75, 3.05) is 7.05 Å². The summed E-state index contributed by atoms with van der Waals surface area (Å²) in [6.07, 6.45) is 3.58. The molecule has 146 valence electrons. The van der Waals surface area contributed by atoms with Gasteiger partial charge in [0.15, 0.2) is 0 Å². The molecule has 3 rings (SSSR count). The highest BCUT2D eigenvalue weighted by molar-refractivity contribution is 5.94. The molecule has 2 aromatic heterocycles. The summed E-state index contributed by atoms with van der Waals surface area (Å²) in [6, 6.07) is 9.36. The number of nitrogens with zero attached hydrogens (tertiary/aromatic N) is 3. The van der Waals surface area contributed by atoms with Crippen LogP contribution in [0.3, 0.4) is 0 Å². The standard InChI is InChI=1S/C22H25N3O3/c1-5-8-14(2)19-11-15(3)20(22(27)28-19)21(26)25(4)13-16-12-23-17-9-6-7-10-18(17)24-16/h6-7,9-12,14H,5,8,13H2,1-4H3. The number of carbonyl (C=O) groups excluding carboxylic acids is 1. The fourth-order valence-electron chi connectivity index (χ4n) is 3.29. The first-order valence-electron chi connectivity index (χ1n) is 9.51. The number of amides is 1. The molecule has 1 atom stereocenters. The highest BCUT2D eigenvalue weighted by atomic mass is 16.4. The molecule has 6 nitrogen and oxygen atoms in total. The van der Waals surface area contributed by atoms with E-state index in [9.17, 15) is 9.59 Å². The molecule has 0 saturated heterocycles. The molecule has 28 heavy (non-hydrogen) atoms. The smallest absolute Gasteiger partial charge is 0.349 e. The van der Waals surface area contributed by atoms with E-state index in [-0.39, 0.29) is 23.9 Å². The maximum absolute atomic E-state index is 12.9. The minimum absolute atomic E-state index is 0.0729. The van der Waals surface area contributed by atoms with E-state index < -0.39 is 5.63 Å². The summed E-state index contributed by atoms with van der Waals surface area (Å²) in [5.41, 5.74) is 2.35. The molecule has 6 heteroatoms. The van der Waals surface area contributed by atoms with E-state index in [0.29, 0.717) is 17.0 Å². The first-order chi connectivity index (χ1) is 13.4. The molecule has 2 heterocycles. The van der Waals surface area contributed by atoms with Crippen molar-refractivity contribution in [1.29, 1.82) is 0 Å². The number of carbonyl (C=O) groups is 1. The van der Waals surface area contributed by atoms with Crippen LogP contribution >= 0.6 is 0 Å². The molecular formula is C22H25N3O3. The van der Waals surface area contributed by atoms with Gasteiger partial charge in [-0.15, -0.1) is 0 Å². The Labute approximate surface area is 164 Å². The quantitative estimate of drug-likeness (QED) is 0.645. The number of aromatic nitrogens is 2. The predicted octanol–water partition coefficient (Wildman–Crippen LogP) is 4.07. The zero-order valence-electron chi connectivity index (χ0n) is 16.7. The molecular weight excluding hydrogens is 354 g/mol. The fraction of sp³-hybridized carbons (Fsp3) is 0.364. The largest absolute Gasteiger partial charge is 0.427 e. The predicted molar refractivity (Wildman–Crippen MR) is 108 cm³/mol. The average molecular weight is 379 g/mol. The van der Waals surface area contributed by atoms with Crippen molar-refractivity contribution >= 4 is 16.9 Å². The number of para-hydroxylation sites is 2. The molecule has 0 spiro atoms. The van der Waals surface area contributed by atoms with Crippen molar-refractivity contribution in [2.45, 2.75) is 46.1 Å². The van der Waals surface area contributed by atoms with Crippen LogP contribution in [0.4, 0.5) is 0 Å². The van der Waals surface area contributed by atoms with E-state index in [0.717, 1.165) is 23.9 Å². The third-order valence-electron chi connectivity index (χ3n) is 4.83. The molecule has 3 aromatic rings. The van der Waals surface area contributed by atoms with Crippen LogP contribution in [0.1, 0.15) is 60.0 Å². The zero-order valence-corrected chi connectivity index (χ0v) is 16.7. The Hall–Kier alpha value is -3.02. The van der Waals surface area contributed by atoms with Crippen LogP contribution in [0.15, 0.2) is 45.7 Å². The minimum atomic E-state index is -0.584. The summed E-state index contributed by atoms with van der Waals surface area (Å²) in [5, 5.41) is 0. The van der Waals surface area contributed by atoms with Gasteiger partial charge in [0.25, 0.3) is 5.91 Å². The van der Waals surface area contributed by atoms with Crippen LogP contribution in [0.2, 0.25) is 0 Å². The van der Waals surface area contributed by atoms with Gasteiger partial charge in [-0.2, -0.15) is 0 Å². The van der Waals surface area contributed by atoms with Gasteiger partial charge in [0.05, 0.1) is 29.5 Å². The molecule has 1 aromatic carbocycles. The van der Waals surface area contributed by atoms with Crippen molar-refractivity contribution in [3.8, 4) is 0 Å². The van der Waals surface area contributed by atoms with Crippen molar-refractivity contribution in [3.63, 3.8) is 0 Å². The Morgan fingerprint density at radius 2 is 1.96 bits per heavy atom. The third kappa shape index (κ3) is 4.11. The summed E-state index contributed by atoms with van der Waals surface area (Å²) in [6.45, 7) is 6.14. The SMILES string of the molecule is CCCC(C)c1cc(C)c(C(=O)N(C)Cc2cnc3ccccc3n2)c(=O)o1. The van der Waals surface area contributed by atoms with Gasteiger partial charge in [-0.25, -0.2) is 9.78 Å². The summed E-state index contributed by atoms with van der Waals surface area (Å²) in [4.78, 5) is 35.7. The Bertz CT molecular complexity index is 1060. The summed E-state index contributed by atoms with van der Waals surface area (Å²) < 4.78 is 5.45. The maximum atomic E-state index is 12.9. The molecule has 0 radical (unpaired) electrons. The Balaban J connectivity index is 1.83. The van der Waals surface area contributed by atoms with E-state index in [2.05, 4.69) is 16.9 Å². The topological polar surface area (TPSA) is 76.3 Å². The summed E-state index contributed by atoms with van der Waals surface area (Å²) in [7, 11) is 1.64. The van der Waals surface area contributed by atoms with Crippen LogP contribution in [-0.2, 0) is 6.54 Å². The summed E-state index contributed by atoms with van der Waals surface area (Å²) >= 11 is 0. The van der Waals surface area contributed by atoms with Crippen LogP contribution in [-0.4, -0.2) is 27.8 Å². The first kappa shape index (κ1) is 19.7. The van der Waals surface area contributed by atoms with Gasteiger partial charge >= 0.3 is 5.63 Å². The number of fused-ring (bicyclic) bond motifs is 1. The van der Waals surface area contributed by atoms with E-state index in [1.165, 1.54) is 4.90 Å². The van der Waals surface area contributed by atoms with Crippen LogP contribution < -0.4 is 5.63 Å². The second-order valence-corrected chi connectivity index (χ2v) is 7.20. The second kappa shape index (κ2) is 8.33. The number of aryl methyl sites for hydroxylation is 1. The molecule has 1 amide bonds. The van der Waals surface area contributed by atoms with Crippen molar-refractivity contribution in [3.05, 3.63) is 69.5 Å². The molecule has 0 aliphatic carbocycles. The van der Waals surface area contributed by atoms with Gasteiger partial charge in [-0.1, -0.05) is 32.4 Å². The normalized spacial score (nSPS) is 12.1. The summed E-state index contributed by atoms with van der Waals surface area (Å²) in [5.74, 6) is 0.394. The number of hydrogen-bond donors (Lipinski definition) is 0. The maximum Gasteiger partial charge on any atom is 0.349 e. The fourth-order valence-corrected chi connectivity index (χ4v) is 3.29. The van der Waals surface area contributed by atoms with E-state index >= 15 is 0 Å². The van der Waals surface area contributed by atoms with Crippen LogP contribution in [0.5, 0.6) is 0 Å². The van der Waals surface area contributed by atoms with Crippen molar-refractivity contribution < 1.29 is 9.21 Å². The number of rotatable bonds is 6. The van der Waals surface area contributed by atoms with Crippen molar-refractivity contribution in [2.24, 2.45) is 0 Å². The molecule has 0 aliphatic rings. The number of hydrogen-bond acceptors (Lipinski definition) is 5. The van der Waals surface area contributed by atoms with Crippen LogP contribution in [0, 0.1) is 6.92 Å². The van der Waals surface area contributed by atoms with Gasteiger partial charge in [-0.3, -0.25) is 9.78 Å². The third-order valence-corrected chi connectivity index (χ3v) is 4.83. The van der Waals surface area contributed by atoms with E-state index in [4.69, 9.17) is 4.42 Å². The van der Waals surface area contributed by atoms with Gasteiger partial charge in [0, 0.05) is 13.0 Å². The second-order valence-electron chi connectivity index (χ2n) is 7.20. The molecule has 0 aliphatic heterocycles. The Kier molecular flexibility index (Phi) is 5.87. The lowest BCUT2D eigenvalue weighted by Gasteiger charge is -2.18. The molecule has 0 N–H and O–H groups in total. The Morgan fingerprint density at radius 3 is 2.64 bits per heavy atom. The number of benzene rings is 1. The highest BCUT2D eigenvalue weighted by Gasteiger charge is 2.22. The molecule has 0 saturated carbocycles. The minimum Gasteiger partial charge on any atom is -0.427 e. The first-order valence-corrected chi connectivity index (χ1v) is 9.51. The lowest BCUT2D eigenvalue weighted by molar-refractivity contribution is 0.0777. The zero-order chi connectivity index (χ0) is 20.3. The van der Waals surface area contributed by atoms with Gasteiger partial charge < -0.3 is 9.32 Å². The Morgan fingerprint density at radius 1 is 1.25 bits per heavy atom.